The van der Waals surface area contributed by atoms with E-state index in [1.54, 1.807) is 54.6 Å². The van der Waals surface area contributed by atoms with Crippen LogP contribution in [-0.2, 0) is 11.4 Å². The third-order valence-electron chi connectivity index (χ3n) is 4.81. The molecule has 0 aliphatic carbocycles. The molecular formula is C25H18BrClFNO4S. The normalized spacial score (nSPS) is 14.7. The number of amides is 2. The number of para-hydroxylation sites is 1. The summed E-state index contributed by atoms with van der Waals surface area (Å²) in [5.74, 6) is 0.181. The molecule has 3 aromatic carbocycles. The molecule has 0 spiro atoms. The van der Waals surface area contributed by atoms with Gasteiger partial charge in [0.25, 0.3) is 11.1 Å². The minimum absolute atomic E-state index is 0.217. The Morgan fingerprint density at radius 1 is 1.09 bits per heavy atom. The molecule has 4 rings (SSSR count). The molecule has 174 valence electrons. The number of thioether (sulfide) groups is 1. The van der Waals surface area contributed by atoms with Crippen molar-refractivity contribution in [1.29, 1.82) is 0 Å². The first kappa shape index (κ1) is 24.3. The number of nitrogens with zero attached hydrogens (tertiary/aromatic N) is 1. The highest BCUT2D eigenvalue weighted by Gasteiger charge is 2.37. The maximum absolute atomic E-state index is 13.2. The van der Waals surface area contributed by atoms with Gasteiger partial charge in [-0.2, -0.15) is 0 Å². The van der Waals surface area contributed by atoms with E-state index in [4.69, 9.17) is 21.1 Å². The maximum Gasteiger partial charge on any atom is 0.298 e. The van der Waals surface area contributed by atoms with Crippen molar-refractivity contribution in [1.82, 2.24) is 0 Å². The molecule has 0 radical (unpaired) electrons. The van der Waals surface area contributed by atoms with Crippen molar-refractivity contribution in [2.75, 3.05) is 11.5 Å². The Labute approximate surface area is 213 Å². The summed E-state index contributed by atoms with van der Waals surface area (Å²) >= 11 is 10.5. The van der Waals surface area contributed by atoms with Gasteiger partial charge in [-0.15, -0.1) is 0 Å². The van der Waals surface area contributed by atoms with Gasteiger partial charge in [0.15, 0.2) is 11.5 Å². The van der Waals surface area contributed by atoms with E-state index in [1.165, 1.54) is 12.1 Å². The van der Waals surface area contributed by atoms with Gasteiger partial charge in [0.1, 0.15) is 12.4 Å². The Balaban J connectivity index is 1.60. The van der Waals surface area contributed by atoms with E-state index < -0.39 is 11.1 Å². The molecule has 3 aromatic rings. The number of benzene rings is 3. The van der Waals surface area contributed by atoms with Gasteiger partial charge in [0.2, 0.25) is 0 Å². The van der Waals surface area contributed by atoms with Crippen LogP contribution in [0.4, 0.5) is 14.9 Å². The van der Waals surface area contributed by atoms with E-state index in [0.29, 0.717) is 38.9 Å². The van der Waals surface area contributed by atoms with Gasteiger partial charge in [0, 0.05) is 0 Å². The molecule has 9 heteroatoms. The van der Waals surface area contributed by atoms with Crippen molar-refractivity contribution in [3.05, 3.63) is 92.0 Å². The van der Waals surface area contributed by atoms with Crippen LogP contribution in [0, 0.1) is 5.82 Å². The highest BCUT2D eigenvalue weighted by molar-refractivity contribution is 9.10. The molecular weight excluding hydrogens is 545 g/mol. The molecule has 1 saturated heterocycles. The molecule has 1 heterocycles. The number of carbonyl (C=O) groups is 2. The summed E-state index contributed by atoms with van der Waals surface area (Å²) in [6, 6.07) is 16.2. The summed E-state index contributed by atoms with van der Waals surface area (Å²) in [6.07, 6.45) is 1.62. The summed E-state index contributed by atoms with van der Waals surface area (Å²) in [6.45, 7) is 2.46. The SMILES string of the molecule is CCOc1cc(/C=C2\SC(=O)N(c3ccccc3Cl)C2=O)cc(Br)c1OCc1ccc(F)cc1. The average Bonchev–Trinajstić information content (AvgIpc) is 3.07. The predicted octanol–water partition coefficient (Wildman–Crippen LogP) is 7.46. The number of anilines is 1. The zero-order valence-corrected chi connectivity index (χ0v) is 21.0. The first-order valence-electron chi connectivity index (χ1n) is 10.2. The minimum Gasteiger partial charge on any atom is -0.490 e. The number of ether oxygens (including phenoxy) is 2. The summed E-state index contributed by atoms with van der Waals surface area (Å²) in [4.78, 5) is 26.9. The molecule has 0 saturated carbocycles. The highest BCUT2D eigenvalue weighted by atomic mass is 79.9. The van der Waals surface area contributed by atoms with Gasteiger partial charge in [-0.3, -0.25) is 9.59 Å². The first-order valence-corrected chi connectivity index (χ1v) is 12.2. The second kappa shape index (κ2) is 10.6. The van der Waals surface area contributed by atoms with Crippen LogP contribution >= 0.6 is 39.3 Å². The van der Waals surface area contributed by atoms with Gasteiger partial charge in [-0.25, -0.2) is 9.29 Å². The van der Waals surface area contributed by atoms with Crippen LogP contribution in [0.15, 0.2) is 70.0 Å². The fraction of sp³-hybridized carbons (Fsp3) is 0.120. The average molecular weight is 563 g/mol. The molecule has 1 aliphatic rings. The van der Waals surface area contributed by atoms with Crippen LogP contribution in [-0.4, -0.2) is 17.8 Å². The van der Waals surface area contributed by atoms with Crippen molar-refractivity contribution in [3.63, 3.8) is 0 Å². The van der Waals surface area contributed by atoms with E-state index in [-0.39, 0.29) is 17.3 Å². The summed E-state index contributed by atoms with van der Waals surface area (Å²) in [5, 5.41) is -0.109. The zero-order chi connectivity index (χ0) is 24.2. The maximum atomic E-state index is 13.2. The minimum atomic E-state index is -0.450. The lowest BCUT2D eigenvalue weighted by atomic mass is 10.1. The van der Waals surface area contributed by atoms with Crippen LogP contribution in [0.25, 0.3) is 6.08 Å². The number of imide groups is 1. The molecule has 1 fully saturated rings. The van der Waals surface area contributed by atoms with Crippen molar-refractivity contribution in [2.45, 2.75) is 13.5 Å². The number of rotatable bonds is 7. The predicted molar refractivity (Wildman–Crippen MR) is 136 cm³/mol. The molecule has 0 atom stereocenters. The van der Waals surface area contributed by atoms with Crippen molar-refractivity contribution in [2.24, 2.45) is 0 Å². The molecule has 1 aliphatic heterocycles. The summed E-state index contributed by atoms with van der Waals surface area (Å²) in [7, 11) is 0. The molecule has 0 bridgehead atoms. The Bertz CT molecular complexity index is 1280. The van der Waals surface area contributed by atoms with Gasteiger partial charge in [-0.1, -0.05) is 35.9 Å². The van der Waals surface area contributed by atoms with E-state index >= 15 is 0 Å². The monoisotopic (exact) mass is 561 g/mol. The number of hydrogen-bond donors (Lipinski definition) is 0. The Morgan fingerprint density at radius 2 is 1.82 bits per heavy atom. The fourth-order valence-electron chi connectivity index (χ4n) is 3.27. The standard InChI is InChI=1S/C25H18BrClFNO4S/c1-2-32-21-12-16(11-18(26)23(21)33-14-15-7-9-17(28)10-8-15)13-22-24(30)29(25(31)34-22)20-6-4-3-5-19(20)27/h3-13H,2,14H2,1H3/b22-13-. The van der Waals surface area contributed by atoms with Crippen LogP contribution < -0.4 is 14.4 Å². The second-order valence-corrected chi connectivity index (χ2v) is 9.40. The summed E-state index contributed by atoms with van der Waals surface area (Å²) < 4.78 is 25.4. The van der Waals surface area contributed by atoms with Gasteiger partial charge < -0.3 is 9.47 Å². The van der Waals surface area contributed by atoms with Gasteiger partial charge in [-0.05, 0) is 88.2 Å². The smallest absolute Gasteiger partial charge is 0.298 e. The van der Waals surface area contributed by atoms with Crippen LogP contribution in [0.1, 0.15) is 18.1 Å². The van der Waals surface area contributed by atoms with Crippen LogP contribution in [0.2, 0.25) is 5.02 Å². The van der Waals surface area contributed by atoms with Crippen LogP contribution in [0.5, 0.6) is 11.5 Å². The number of carbonyl (C=O) groups excluding carboxylic acids is 2. The van der Waals surface area contributed by atoms with Crippen molar-refractivity contribution >= 4 is 62.2 Å². The highest BCUT2D eigenvalue weighted by Crippen LogP contribution is 2.41. The lowest BCUT2D eigenvalue weighted by Gasteiger charge is -2.15. The van der Waals surface area contributed by atoms with E-state index in [9.17, 15) is 14.0 Å². The summed E-state index contributed by atoms with van der Waals surface area (Å²) in [5.41, 5.74) is 1.79. The molecule has 0 aromatic heterocycles. The van der Waals surface area contributed by atoms with E-state index in [0.717, 1.165) is 22.2 Å². The van der Waals surface area contributed by atoms with E-state index in [1.807, 2.05) is 6.92 Å². The molecule has 5 nitrogen and oxygen atoms in total. The molecule has 2 amide bonds. The quantitative estimate of drug-likeness (QED) is 0.280. The Hall–Kier alpha value is -2.81. The van der Waals surface area contributed by atoms with Gasteiger partial charge >= 0.3 is 0 Å². The fourth-order valence-corrected chi connectivity index (χ4v) is 4.90. The topological polar surface area (TPSA) is 55.8 Å². The molecule has 0 N–H and O–H groups in total. The number of halogens is 3. The third-order valence-corrected chi connectivity index (χ3v) is 6.59. The molecule has 34 heavy (non-hydrogen) atoms. The third kappa shape index (κ3) is 5.29. The van der Waals surface area contributed by atoms with Crippen LogP contribution in [0.3, 0.4) is 0 Å². The van der Waals surface area contributed by atoms with Gasteiger partial charge in [0.05, 0.1) is 26.7 Å². The zero-order valence-electron chi connectivity index (χ0n) is 17.9. The Morgan fingerprint density at radius 3 is 2.53 bits per heavy atom. The lowest BCUT2D eigenvalue weighted by molar-refractivity contribution is -0.113. The van der Waals surface area contributed by atoms with Crippen molar-refractivity contribution < 1.29 is 23.5 Å². The van der Waals surface area contributed by atoms with Crippen molar-refractivity contribution in [3.8, 4) is 11.5 Å². The Kier molecular flexibility index (Phi) is 7.60. The first-order chi connectivity index (χ1) is 16.4. The lowest BCUT2D eigenvalue weighted by Crippen LogP contribution is -2.27. The second-order valence-electron chi connectivity index (χ2n) is 7.15. The number of hydrogen-bond acceptors (Lipinski definition) is 5. The molecule has 0 unspecified atom stereocenters. The largest absolute Gasteiger partial charge is 0.490 e. The van der Waals surface area contributed by atoms with E-state index in [2.05, 4.69) is 15.9 Å².